The standard InChI is InChI=1S/C17H16N2O3/c1-17(2)7-13(20)15(14(21)8-17)16(22)12-9-18-10-5-3-4-6-11(10)19-12/h3-6,9,20H,7-8H2,1-2H3. The van der Waals surface area contributed by atoms with Crippen molar-refractivity contribution in [2.45, 2.75) is 26.7 Å². The van der Waals surface area contributed by atoms with Crippen LogP contribution in [-0.4, -0.2) is 26.6 Å². The molecule has 1 N–H and O–H groups in total. The number of hydrogen-bond acceptors (Lipinski definition) is 5. The first-order chi connectivity index (χ1) is 10.4. The number of aliphatic hydroxyl groups excluding tert-OH is 1. The second-order valence-corrected chi connectivity index (χ2v) is 6.34. The van der Waals surface area contributed by atoms with Gasteiger partial charge in [0, 0.05) is 12.8 Å². The van der Waals surface area contributed by atoms with Crippen LogP contribution in [-0.2, 0) is 4.79 Å². The van der Waals surface area contributed by atoms with E-state index in [1.54, 1.807) is 18.2 Å². The molecule has 0 unspecified atom stereocenters. The Kier molecular flexibility index (Phi) is 3.28. The van der Waals surface area contributed by atoms with Crippen LogP contribution in [0.3, 0.4) is 0 Å². The van der Waals surface area contributed by atoms with E-state index in [0.29, 0.717) is 17.5 Å². The highest BCUT2D eigenvalue weighted by atomic mass is 16.3. The molecule has 112 valence electrons. The molecule has 0 bridgehead atoms. The number of carbonyl (C=O) groups is 2. The van der Waals surface area contributed by atoms with Gasteiger partial charge in [0.1, 0.15) is 17.0 Å². The lowest BCUT2D eigenvalue weighted by atomic mass is 9.75. The average molecular weight is 296 g/mol. The number of aromatic nitrogens is 2. The van der Waals surface area contributed by atoms with Crippen LogP contribution in [0.15, 0.2) is 41.8 Å². The summed E-state index contributed by atoms with van der Waals surface area (Å²) in [6.07, 6.45) is 1.89. The van der Waals surface area contributed by atoms with E-state index in [1.807, 2.05) is 19.9 Å². The molecule has 3 rings (SSSR count). The Balaban J connectivity index is 2.03. The normalized spacial score (nSPS) is 17.8. The first kappa shape index (κ1) is 14.4. The molecule has 1 aromatic heterocycles. The van der Waals surface area contributed by atoms with Crippen LogP contribution in [0.25, 0.3) is 11.0 Å². The number of para-hydroxylation sites is 2. The summed E-state index contributed by atoms with van der Waals surface area (Å²) in [6, 6.07) is 7.18. The van der Waals surface area contributed by atoms with Crippen LogP contribution >= 0.6 is 0 Å². The summed E-state index contributed by atoms with van der Waals surface area (Å²) in [5.41, 5.74) is 0.850. The zero-order valence-electron chi connectivity index (χ0n) is 12.5. The minimum absolute atomic E-state index is 0.0771. The maximum absolute atomic E-state index is 12.5. The van der Waals surface area contributed by atoms with Gasteiger partial charge in [-0.05, 0) is 17.5 Å². The number of aliphatic hydroxyl groups is 1. The summed E-state index contributed by atoms with van der Waals surface area (Å²) in [4.78, 5) is 33.2. The van der Waals surface area contributed by atoms with Crippen molar-refractivity contribution >= 4 is 22.6 Å². The molecule has 5 nitrogen and oxygen atoms in total. The summed E-state index contributed by atoms with van der Waals surface area (Å²) in [5.74, 6) is -1.05. The van der Waals surface area contributed by atoms with Crippen molar-refractivity contribution in [2.24, 2.45) is 5.41 Å². The fourth-order valence-electron chi connectivity index (χ4n) is 2.74. The van der Waals surface area contributed by atoms with Crippen LogP contribution in [0.1, 0.15) is 37.2 Å². The molecule has 1 heterocycles. The Morgan fingerprint density at radius 1 is 1.18 bits per heavy atom. The van der Waals surface area contributed by atoms with Gasteiger partial charge in [-0.25, -0.2) is 4.98 Å². The highest BCUT2D eigenvalue weighted by Crippen LogP contribution is 2.36. The predicted octanol–water partition coefficient (Wildman–Crippen LogP) is 3.01. The van der Waals surface area contributed by atoms with E-state index in [2.05, 4.69) is 9.97 Å². The Morgan fingerprint density at radius 2 is 1.86 bits per heavy atom. The molecule has 0 fully saturated rings. The van der Waals surface area contributed by atoms with E-state index < -0.39 is 5.78 Å². The molecule has 1 aliphatic carbocycles. The molecule has 0 spiro atoms. The van der Waals surface area contributed by atoms with Gasteiger partial charge < -0.3 is 5.11 Å². The summed E-state index contributed by atoms with van der Waals surface area (Å²) in [6.45, 7) is 3.77. The van der Waals surface area contributed by atoms with Gasteiger partial charge in [-0.15, -0.1) is 0 Å². The zero-order chi connectivity index (χ0) is 15.9. The van der Waals surface area contributed by atoms with Crippen molar-refractivity contribution in [2.75, 3.05) is 0 Å². The van der Waals surface area contributed by atoms with Crippen molar-refractivity contribution in [3.05, 3.63) is 47.5 Å². The molecule has 0 saturated heterocycles. The Bertz CT molecular complexity index is 822. The van der Waals surface area contributed by atoms with Crippen molar-refractivity contribution in [1.29, 1.82) is 0 Å². The first-order valence-electron chi connectivity index (χ1n) is 7.09. The average Bonchev–Trinajstić information content (AvgIpc) is 2.44. The molecule has 5 heteroatoms. The minimum atomic E-state index is -0.559. The highest BCUT2D eigenvalue weighted by molar-refractivity contribution is 6.26. The van der Waals surface area contributed by atoms with E-state index in [0.717, 1.165) is 0 Å². The molecule has 0 radical (unpaired) electrons. The highest BCUT2D eigenvalue weighted by Gasteiger charge is 2.36. The van der Waals surface area contributed by atoms with E-state index in [4.69, 9.17) is 0 Å². The van der Waals surface area contributed by atoms with Gasteiger partial charge >= 0.3 is 0 Å². The lowest BCUT2D eigenvalue weighted by Gasteiger charge is -2.28. The number of nitrogens with zero attached hydrogens (tertiary/aromatic N) is 2. The SMILES string of the molecule is CC1(C)CC(=O)C(C(=O)c2cnc3ccccc3n2)=C(O)C1. The fourth-order valence-corrected chi connectivity index (χ4v) is 2.74. The van der Waals surface area contributed by atoms with Gasteiger partial charge in [0.15, 0.2) is 5.78 Å². The Labute approximate surface area is 127 Å². The number of carbonyl (C=O) groups excluding carboxylic acids is 2. The second kappa shape index (κ2) is 5.02. The smallest absolute Gasteiger partial charge is 0.219 e. The number of Topliss-reactive ketones (excluding diaryl/α,β-unsaturated/α-hetero) is 2. The molecular formula is C17H16N2O3. The van der Waals surface area contributed by atoms with Gasteiger partial charge in [-0.1, -0.05) is 26.0 Å². The maximum Gasteiger partial charge on any atom is 0.219 e. The van der Waals surface area contributed by atoms with Crippen molar-refractivity contribution in [3.8, 4) is 0 Å². The van der Waals surface area contributed by atoms with Crippen molar-refractivity contribution in [3.63, 3.8) is 0 Å². The molecule has 0 saturated carbocycles. The number of ketones is 2. The summed E-state index contributed by atoms with van der Waals surface area (Å²) in [7, 11) is 0. The summed E-state index contributed by atoms with van der Waals surface area (Å²) in [5, 5.41) is 10.1. The molecule has 22 heavy (non-hydrogen) atoms. The maximum atomic E-state index is 12.5. The number of allylic oxidation sites excluding steroid dienone is 2. The number of hydrogen-bond donors (Lipinski definition) is 1. The van der Waals surface area contributed by atoms with Crippen LogP contribution < -0.4 is 0 Å². The fraction of sp³-hybridized carbons (Fsp3) is 0.294. The Hall–Kier alpha value is -2.56. The first-order valence-corrected chi connectivity index (χ1v) is 7.09. The van der Waals surface area contributed by atoms with Crippen LogP contribution in [0.5, 0.6) is 0 Å². The molecule has 0 amide bonds. The van der Waals surface area contributed by atoms with E-state index >= 15 is 0 Å². The number of benzene rings is 1. The van der Waals surface area contributed by atoms with Gasteiger partial charge in [0.25, 0.3) is 0 Å². The molecular weight excluding hydrogens is 280 g/mol. The molecule has 1 aromatic carbocycles. The van der Waals surface area contributed by atoms with Crippen LogP contribution in [0, 0.1) is 5.41 Å². The molecule has 2 aromatic rings. The van der Waals surface area contributed by atoms with E-state index in [1.165, 1.54) is 6.20 Å². The number of rotatable bonds is 2. The molecule has 1 aliphatic rings. The summed E-state index contributed by atoms with van der Waals surface area (Å²) >= 11 is 0. The third kappa shape index (κ3) is 2.50. The number of fused-ring (bicyclic) bond motifs is 1. The van der Waals surface area contributed by atoms with Gasteiger partial charge in [-0.3, -0.25) is 14.6 Å². The molecule has 0 aliphatic heterocycles. The van der Waals surface area contributed by atoms with Crippen molar-refractivity contribution in [1.82, 2.24) is 9.97 Å². The van der Waals surface area contributed by atoms with Crippen LogP contribution in [0.2, 0.25) is 0 Å². The van der Waals surface area contributed by atoms with Gasteiger partial charge in [0.2, 0.25) is 5.78 Å². The van der Waals surface area contributed by atoms with Gasteiger partial charge in [0.05, 0.1) is 17.2 Å². The van der Waals surface area contributed by atoms with Crippen LogP contribution in [0.4, 0.5) is 0 Å². The lowest BCUT2D eigenvalue weighted by Crippen LogP contribution is -2.29. The third-order valence-corrected chi connectivity index (χ3v) is 3.76. The van der Waals surface area contributed by atoms with E-state index in [-0.39, 0.29) is 34.6 Å². The summed E-state index contributed by atoms with van der Waals surface area (Å²) < 4.78 is 0. The second-order valence-electron chi connectivity index (χ2n) is 6.34. The zero-order valence-corrected chi connectivity index (χ0v) is 12.5. The van der Waals surface area contributed by atoms with Crippen molar-refractivity contribution < 1.29 is 14.7 Å². The topological polar surface area (TPSA) is 80.2 Å². The third-order valence-electron chi connectivity index (χ3n) is 3.76. The Morgan fingerprint density at radius 3 is 2.55 bits per heavy atom. The minimum Gasteiger partial charge on any atom is -0.511 e. The van der Waals surface area contributed by atoms with Gasteiger partial charge in [-0.2, -0.15) is 0 Å². The van der Waals surface area contributed by atoms with E-state index in [9.17, 15) is 14.7 Å². The largest absolute Gasteiger partial charge is 0.511 e. The quantitative estimate of drug-likeness (QED) is 0.680. The lowest BCUT2D eigenvalue weighted by molar-refractivity contribution is -0.118. The monoisotopic (exact) mass is 296 g/mol. The predicted molar refractivity (Wildman–Crippen MR) is 81.5 cm³/mol. The molecule has 0 atom stereocenters.